The quantitative estimate of drug-likeness (QED) is 0.640. The lowest BCUT2D eigenvalue weighted by molar-refractivity contribution is -0.175. The maximum atomic E-state index is 13.9. The van der Waals surface area contributed by atoms with E-state index < -0.39 is 27.5 Å². The Morgan fingerprint density at radius 1 is 1.09 bits per heavy atom. The van der Waals surface area contributed by atoms with Gasteiger partial charge in [-0.25, -0.2) is 0 Å². The monoisotopic (exact) mass is 447 g/mol. The van der Waals surface area contributed by atoms with E-state index in [2.05, 4.69) is 24.5 Å². The number of benzene rings is 1. The van der Waals surface area contributed by atoms with Gasteiger partial charge in [0.05, 0.1) is 11.1 Å². The van der Waals surface area contributed by atoms with Crippen molar-refractivity contribution in [1.82, 2.24) is 10.2 Å². The topological polar surface area (TPSA) is 87.7 Å². The maximum Gasteiger partial charge on any atom is 0.249 e. The number of fused-ring (bicyclic) bond motifs is 5. The Kier molecular flexibility index (Phi) is 3.14. The van der Waals surface area contributed by atoms with Gasteiger partial charge in [0.25, 0.3) is 0 Å². The molecule has 0 radical (unpaired) electrons. The van der Waals surface area contributed by atoms with Crippen molar-refractivity contribution >= 4 is 29.5 Å². The summed E-state index contributed by atoms with van der Waals surface area (Å²) < 4.78 is 6.15. The Balaban J connectivity index is 1.43. The third kappa shape index (κ3) is 1.87. The van der Waals surface area contributed by atoms with Crippen LogP contribution in [0.5, 0.6) is 5.75 Å². The van der Waals surface area contributed by atoms with E-state index in [1.807, 2.05) is 43.0 Å². The molecule has 7 nitrogen and oxygen atoms in total. The smallest absolute Gasteiger partial charge is 0.249 e. The van der Waals surface area contributed by atoms with Crippen molar-refractivity contribution in [2.24, 2.45) is 11.3 Å². The van der Waals surface area contributed by atoms with Crippen LogP contribution in [0.1, 0.15) is 64.5 Å². The maximum absolute atomic E-state index is 13.9. The molecule has 6 heterocycles. The molecule has 6 aliphatic heterocycles. The molecule has 3 amide bonds. The summed E-state index contributed by atoms with van der Waals surface area (Å²) in [6.07, 6.45) is 6.51. The fraction of sp³-hybridized carbons (Fsp3) is 0.577. The van der Waals surface area contributed by atoms with Crippen LogP contribution in [0.25, 0.3) is 6.08 Å². The Morgan fingerprint density at radius 2 is 1.88 bits per heavy atom. The fourth-order valence-corrected chi connectivity index (χ4v) is 8.24. The number of ether oxygens (including phenoxy) is 1. The number of piperidine rings is 2. The second-order valence-electron chi connectivity index (χ2n) is 12.0. The second-order valence-corrected chi connectivity index (χ2v) is 12.0. The molecule has 3 spiro atoms. The lowest BCUT2D eigenvalue weighted by atomic mass is 9.57. The molecule has 1 aliphatic carbocycles. The molecule has 7 heteroatoms. The van der Waals surface area contributed by atoms with Crippen LogP contribution in [0.4, 0.5) is 5.69 Å². The van der Waals surface area contributed by atoms with Gasteiger partial charge >= 0.3 is 0 Å². The number of nitrogens with zero attached hydrogens (tertiary/aromatic N) is 1. The molecule has 8 rings (SSSR count). The van der Waals surface area contributed by atoms with Gasteiger partial charge in [0.1, 0.15) is 22.4 Å². The van der Waals surface area contributed by atoms with Crippen LogP contribution in [0.3, 0.4) is 0 Å². The number of carbonyl (C=O) groups excluding carboxylic acids is 3. The molecule has 33 heavy (non-hydrogen) atoms. The average Bonchev–Trinajstić information content (AvgIpc) is 3.35. The van der Waals surface area contributed by atoms with Crippen LogP contribution < -0.4 is 15.4 Å². The van der Waals surface area contributed by atoms with E-state index >= 15 is 0 Å². The molecule has 5 fully saturated rings. The van der Waals surface area contributed by atoms with Gasteiger partial charge in [-0.2, -0.15) is 0 Å². The Morgan fingerprint density at radius 3 is 2.67 bits per heavy atom. The van der Waals surface area contributed by atoms with Crippen molar-refractivity contribution in [1.29, 1.82) is 0 Å². The molecule has 7 aliphatic rings. The highest BCUT2D eigenvalue weighted by molar-refractivity contribution is 6.12. The number of anilines is 1. The highest BCUT2D eigenvalue weighted by Crippen LogP contribution is 2.70. The van der Waals surface area contributed by atoms with E-state index in [-0.39, 0.29) is 23.6 Å². The van der Waals surface area contributed by atoms with Crippen LogP contribution in [-0.4, -0.2) is 45.8 Å². The number of carbonyl (C=O) groups is 3. The SMILES string of the molecule is CC1(C)C=Cc2c(ccc3c2NC(=O)[C@@]32C[C@@]34NC(=O)[C@@]5(CCCN5C3=O)C[C@H]4C2(C)C)O1. The lowest BCUT2D eigenvalue weighted by Gasteiger charge is -2.59. The highest BCUT2D eigenvalue weighted by Gasteiger charge is 2.80. The van der Waals surface area contributed by atoms with Crippen LogP contribution >= 0.6 is 0 Å². The number of amides is 3. The van der Waals surface area contributed by atoms with Gasteiger partial charge in [0, 0.05) is 18.0 Å². The first-order valence-electron chi connectivity index (χ1n) is 12.0. The number of hydrogen-bond acceptors (Lipinski definition) is 4. The average molecular weight is 448 g/mol. The second kappa shape index (κ2) is 5.29. The molecule has 4 atom stereocenters. The molecule has 1 aromatic rings. The van der Waals surface area contributed by atoms with Crippen LogP contribution in [-0.2, 0) is 19.8 Å². The minimum atomic E-state index is -1.03. The largest absolute Gasteiger partial charge is 0.483 e. The molecule has 0 aromatic heterocycles. The summed E-state index contributed by atoms with van der Waals surface area (Å²) in [7, 11) is 0. The Hall–Kier alpha value is -2.83. The van der Waals surface area contributed by atoms with E-state index in [1.165, 1.54) is 0 Å². The molecule has 1 aromatic carbocycles. The zero-order valence-electron chi connectivity index (χ0n) is 19.5. The van der Waals surface area contributed by atoms with Crippen molar-refractivity contribution in [3.63, 3.8) is 0 Å². The minimum absolute atomic E-state index is 0.00462. The molecule has 2 N–H and O–H groups in total. The van der Waals surface area contributed by atoms with E-state index in [4.69, 9.17) is 4.74 Å². The van der Waals surface area contributed by atoms with E-state index in [0.717, 1.165) is 29.0 Å². The van der Waals surface area contributed by atoms with Gasteiger partial charge in [-0.15, -0.1) is 0 Å². The van der Waals surface area contributed by atoms with Gasteiger partial charge in [-0.1, -0.05) is 19.9 Å². The number of rotatable bonds is 0. The zero-order valence-corrected chi connectivity index (χ0v) is 19.5. The van der Waals surface area contributed by atoms with Crippen molar-refractivity contribution < 1.29 is 19.1 Å². The number of nitrogens with one attached hydrogen (secondary N) is 2. The lowest BCUT2D eigenvalue weighted by Crippen LogP contribution is -2.81. The Labute approximate surface area is 192 Å². The van der Waals surface area contributed by atoms with E-state index in [9.17, 15) is 14.4 Å². The van der Waals surface area contributed by atoms with Crippen LogP contribution in [0, 0.1) is 11.3 Å². The van der Waals surface area contributed by atoms with Gasteiger partial charge in [0.15, 0.2) is 0 Å². The number of hydrogen-bond donors (Lipinski definition) is 2. The molecular weight excluding hydrogens is 418 g/mol. The molecule has 2 bridgehead atoms. The number of piperazine rings is 1. The van der Waals surface area contributed by atoms with Crippen molar-refractivity contribution in [3.05, 3.63) is 29.3 Å². The molecule has 1 saturated carbocycles. The van der Waals surface area contributed by atoms with Gasteiger partial charge in [0.2, 0.25) is 17.7 Å². The summed E-state index contributed by atoms with van der Waals surface area (Å²) in [6, 6.07) is 3.95. The summed E-state index contributed by atoms with van der Waals surface area (Å²) >= 11 is 0. The predicted molar refractivity (Wildman–Crippen MR) is 122 cm³/mol. The normalized spacial score (nSPS) is 40.2. The van der Waals surface area contributed by atoms with Crippen LogP contribution in [0.15, 0.2) is 18.2 Å². The van der Waals surface area contributed by atoms with Gasteiger partial charge < -0.3 is 20.3 Å². The first-order valence-corrected chi connectivity index (χ1v) is 12.0. The zero-order chi connectivity index (χ0) is 23.2. The predicted octanol–water partition coefficient (Wildman–Crippen LogP) is 2.74. The fourth-order valence-electron chi connectivity index (χ4n) is 8.24. The highest BCUT2D eigenvalue weighted by atomic mass is 16.5. The van der Waals surface area contributed by atoms with Crippen molar-refractivity contribution in [2.75, 3.05) is 11.9 Å². The molecule has 4 saturated heterocycles. The molecular formula is C26H29N3O4. The first kappa shape index (κ1) is 19.6. The van der Waals surface area contributed by atoms with Crippen LogP contribution in [0.2, 0.25) is 0 Å². The van der Waals surface area contributed by atoms with E-state index in [0.29, 0.717) is 25.8 Å². The van der Waals surface area contributed by atoms with Gasteiger partial charge in [-0.3, -0.25) is 14.4 Å². The van der Waals surface area contributed by atoms with Crippen molar-refractivity contribution in [3.8, 4) is 5.75 Å². The minimum Gasteiger partial charge on any atom is -0.483 e. The molecule has 0 unspecified atom stereocenters. The summed E-state index contributed by atoms with van der Waals surface area (Å²) in [5.74, 6) is 0.523. The summed E-state index contributed by atoms with van der Waals surface area (Å²) in [5, 5.41) is 6.36. The summed E-state index contributed by atoms with van der Waals surface area (Å²) in [4.78, 5) is 43.0. The third-order valence-electron chi connectivity index (χ3n) is 9.84. The standard InChI is InChI=1S/C26H29N3O4/c1-22(2)10-8-14-16(33-22)7-6-15-18(14)27-20(31)25(15)13-26-17(23(25,3)4)12-24(19(30)28-26)9-5-11-29(24)21(26)32/h6-8,10,17H,5,9,11-13H2,1-4H3,(H,27,31)(H,28,30)/t17-,24+,25+,26-/m0/s1. The Bertz CT molecular complexity index is 1230. The van der Waals surface area contributed by atoms with E-state index in [1.54, 1.807) is 0 Å². The summed E-state index contributed by atoms with van der Waals surface area (Å²) in [5.41, 5.74) is -1.06. The molecule has 172 valence electrons. The summed E-state index contributed by atoms with van der Waals surface area (Å²) in [6.45, 7) is 8.86. The third-order valence-corrected chi connectivity index (χ3v) is 9.84. The van der Waals surface area contributed by atoms with Gasteiger partial charge in [-0.05, 0) is 68.7 Å². The first-order chi connectivity index (χ1) is 15.5. The van der Waals surface area contributed by atoms with Crippen molar-refractivity contribution in [2.45, 2.75) is 75.5 Å².